The Labute approximate surface area is 126 Å². The number of anilines is 2. The molecular formula is C16H15F3N2O. The first kappa shape index (κ1) is 14.6. The number of nitrogen functional groups attached to an aromatic ring is 1. The number of ether oxygens (including phenoxy) is 1. The van der Waals surface area contributed by atoms with E-state index in [1.165, 1.54) is 12.1 Å². The van der Waals surface area contributed by atoms with Gasteiger partial charge in [-0.1, -0.05) is 18.2 Å². The average Bonchev–Trinajstić information content (AvgIpc) is 2.46. The first-order valence-electron chi connectivity index (χ1n) is 6.87. The SMILES string of the molecule is Nc1cc(CN2CCOc3ccccc32)ccc1C(F)(F)F. The van der Waals surface area contributed by atoms with Crippen LogP contribution in [0.2, 0.25) is 0 Å². The van der Waals surface area contributed by atoms with Crippen molar-refractivity contribution in [2.24, 2.45) is 0 Å². The molecule has 0 fully saturated rings. The quantitative estimate of drug-likeness (QED) is 0.860. The van der Waals surface area contributed by atoms with Gasteiger partial charge in [0.25, 0.3) is 0 Å². The van der Waals surface area contributed by atoms with Gasteiger partial charge in [-0.15, -0.1) is 0 Å². The molecule has 0 saturated carbocycles. The van der Waals surface area contributed by atoms with Crippen LogP contribution >= 0.6 is 0 Å². The number of fused-ring (bicyclic) bond motifs is 1. The maximum Gasteiger partial charge on any atom is 0.418 e. The van der Waals surface area contributed by atoms with Gasteiger partial charge in [0.1, 0.15) is 12.4 Å². The van der Waals surface area contributed by atoms with Crippen molar-refractivity contribution in [1.29, 1.82) is 0 Å². The maximum absolute atomic E-state index is 12.7. The zero-order valence-corrected chi connectivity index (χ0v) is 11.7. The molecule has 1 heterocycles. The fourth-order valence-electron chi connectivity index (χ4n) is 2.58. The predicted octanol–water partition coefficient (Wildman–Crippen LogP) is 3.69. The second-order valence-corrected chi connectivity index (χ2v) is 5.16. The monoisotopic (exact) mass is 308 g/mol. The van der Waals surface area contributed by atoms with Crippen LogP contribution in [0.15, 0.2) is 42.5 Å². The first-order chi connectivity index (χ1) is 10.4. The lowest BCUT2D eigenvalue weighted by Crippen LogP contribution is -2.32. The van der Waals surface area contributed by atoms with Crippen molar-refractivity contribution < 1.29 is 17.9 Å². The summed E-state index contributed by atoms with van der Waals surface area (Å²) >= 11 is 0. The Morgan fingerprint density at radius 1 is 1.14 bits per heavy atom. The fourth-order valence-corrected chi connectivity index (χ4v) is 2.58. The largest absolute Gasteiger partial charge is 0.490 e. The molecule has 2 N–H and O–H groups in total. The first-order valence-corrected chi connectivity index (χ1v) is 6.87. The van der Waals surface area contributed by atoms with Gasteiger partial charge in [-0.2, -0.15) is 13.2 Å². The van der Waals surface area contributed by atoms with E-state index < -0.39 is 11.7 Å². The zero-order chi connectivity index (χ0) is 15.7. The van der Waals surface area contributed by atoms with Crippen molar-refractivity contribution in [3.05, 3.63) is 53.6 Å². The van der Waals surface area contributed by atoms with Crippen molar-refractivity contribution in [2.75, 3.05) is 23.8 Å². The van der Waals surface area contributed by atoms with Crippen LogP contribution in [0, 0.1) is 0 Å². The molecule has 0 radical (unpaired) electrons. The van der Waals surface area contributed by atoms with Crippen molar-refractivity contribution in [2.45, 2.75) is 12.7 Å². The molecule has 1 aliphatic heterocycles. The van der Waals surface area contributed by atoms with Gasteiger partial charge in [-0.05, 0) is 29.8 Å². The highest BCUT2D eigenvalue weighted by Crippen LogP contribution is 2.35. The number of benzene rings is 2. The molecule has 0 spiro atoms. The summed E-state index contributed by atoms with van der Waals surface area (Å²) in [6, 6.07) is 11.5. The second-order valence-electron chi connectivity index (χ2n) is 5.16. The third-order valence-electron chi connectivity index (χ3n) is 3.62. The average molecular weight is 308 g/mol. The lowest BCUT2D eigenvalue weighted by Gasteiger charge is -2.31. The van der Waals surface area contributed by atoms with E-state index in [9.17, 15) is 13.2 Å². The van der Waals surface area contributed by atoms with E-state index in [2.05, 4.69) is 4.90 Å². The van der Waals surface area contributed by atoms with E-state index in [0.717, 1.165) is 23.1 Å². The van der Waals surface area contributed by atoms with E-state index in [1.54, 1.807) is 0 Å². The molecule has 0 aliphatic carbocycles. The molecule has 0 saturated heterocycles. The summed E-state index contributed by atoms with van der Waals surface area (Å²) in [5.74, 6) is 0.786. The van der Waals surface area contributed by atoms with E-state index in [1.807, 2.05) is 24.3 Å². The van der Waals surface area contributed by atoms with Crippen LogP contribution < -0.4 is 15.4 Å². The molecule has 0 unspecified atom stereocenters. The zero-order valence-electron chi connectivity index (χ0n) is 11.7. The summed E-state index contributed by atoms with van der Waals surface area (Å²) in [4.78, 5) is 2.07. The number of nitrogens with zero attached hydrogens (tertiary/aromatic N) is 1. The number of hydrogen-bond acceptors (Lipinski definition) is 3. The Morgan fingerprint density at radius 3 is 2.64 bits per heavy atom. The van der Waals surface area contributed by atoms with E-state index in [4.69, 9.17) is 10.5 Å². The summed E-state index contributed by atoms with van der Waals surface area (Å²) in [7, 11) is 0. The highest BCUT2D eigenvalue weighted by atomic mass is 19.4. The lowest BCUT2D eigenvalue weighted by atomic mass is 10.1. The third-order valence-corrected chi connectivity index (χ3v) is 3.62. The third kappa shape index (κ3) is 2.81. The molecule has 3 rings (SSSR count). The lowest BCUT2D eigenvalue weighted by molar-refractivity contribution is -0.136. The van der Waals surface area contributed by atoms with Crippen LogP contribution in [0.4, 0.5) is 24.5 Å². The minimum Gasteiger partial charge on any atom is -0.490 e. The van der Waals surface area contributed by atoms with Crippen molar-refractivity contribution in [1.82, 2.24) is 0 Å². The summed E-state index contributed by atoms with van der Waals surface area (Å²) in [5, 5.41) is 0. The topological polar surface area (TPSA) is 38.5 Å². The Morgan fingerprint density at radius 2 is 1.91 bits per heavy atom. The molecule has 1 aliphatic rings. The standard InChI is InChI=1S/C16H15F3N2O/c17-16(18,19)12-6-5-11(9-13(12)20)10-21-7-8-22-15-4-2-1-3-14(15)21/h1-6,9H,7-8,10,20H2. The summed E-state index contributed by atoms with van der Waals surface area (Å²) in [5.41, 5.74) is 6.18. The summed E-state index contributed by atoms with van der Waals surface area (Å²) in [6.45, 7) is 1.72. The van der Waals surface area contributed by atoms with Crippen molar-refractivity contribution in [3.63, 3.8) is 0 Å². The van der Waals surface area contributed by atoms with Gasteiger partial charge in [0.2, 0.25) is 0 Å². The number of para-hydroxylation sites is 2. The van der Waals surface area contributed by atoms with Crippen molar-refractivity contribution >= 4 is 11.4 Å². The maximum atomic E-state index is 12.7. The minimum atomic E-state index is -4.42. The van der Waals surface area contributed by atoms with Crippen LogP contribution in [0.25, 0.3) is 0 Å². The van der Waals surface area contributed by atoms with Gasteiger partial charge >= 0.3 is 6.18 Å². The number of halogens is 3. The molecule has 0 aromatic heterocycles. The summed E-state index contributed by atoms with van der Waals surface area (Å²) in [6.07, 6.45) is -4.42. The minimum absolute atomic E-state index is 0.244. The Balaban J connectivity index is 1.84. The molecule has 6 heteroatoms. The normalized spacial score (nSPS) is 14.4. The highest BCUT2D eigenvalue weighted by Gasteiger charge is 2.32. The highest BCUT2D eigenvalue weighted by molar-refractivity contribution is 5.60. The van der Waals surface area contributed by atoms with Crippen LogP contribution in [0.3, 0.4) is 0 Å². The van der Waals surface area contributed by atoms with Gasteiger partial charge in [-0.25, -0.2) is 0 Å². The Kier molecular flexibility index (Phi) is 3.60. The van der Waals surface area contributed by atoms with Gasteiger partial charge in [-0.3, -0.25) is 0 Å². The van der Waals surface area contributed by atoms with Crippen LogP contribution in [-0.2, 0) is 12.7 Å². The molecule has 22 heavy (non-hydrogen) atoms. The van der Waals surface area contributed by atoms with Crippen LogP contribution in [0.1, 0.15) is 11.1 Å². The molecule has 116 valence electrons. The smallest absolute Gasteiger partial charge is 0.418 e. The number of hydrogen-bond donors (Lipinski definition) is 1. The van der Waals surface area contributed by atoms with Crippen LogP contribution in [-0.4, -0.2) is 13.2 Å². The van der Waals surface area contributed by atoms with Gasteiger partial charge < -0.3 is 15.4 Å². The second kappa shape index (κ2) is 5.44. The molecule has 3 nitrogen and oxygen atoms in total. The predicted molar refractivity (Wildman–Crippen MR) is 78.8 cm³/mol. The molecule has 0 atom stereocenters. The molecular weight excluding hydrogens is 293 g/mol. The summed E-state index contributed by atoms with van der Waals surface area (Å²) < 4.78 is 43.8. The number of rotatable bonds is 2. The van der Waals surface area contributed by atoms with E-state index in [0.29, 0.717) is 19.7 Å². The van der Waals surface area contributed by atoms with E-state index >= 15 is 0 Å². The Hall–Kier alpha value is -2.37. The molecule has 0 amide bonds. The van der Waals surface area contributed by atoms with Crippen molar-refractivity contribution in [3.8, 4) is 5.75 Å². The number of alkyl halides is 3. The van der Waals surface area contributed by atoms with Gasteiger partial charge in [0.15, 0.2) is 0 Å². The molecule has 2 aromatic carbocycles. The molecule has 2 aromatic rings. The molecule has 0 bridgehead atoms. The number of nitrogens with two attached hydrogens (primary N) is 1. The van der Waals surface area contributed by atoms with E-state index in [-0.39, 0.29) is 5.69 Å². The van der Waals surface area contributed by atoms with Crippen LogP contribution in [0.5, 0.6) is 5.75 Å². The fraction of sp³-hybridized carbons (Fsp3) is 0.250. The Bertz CT molecular complexity index is 685. The van der Waals surface area contributed by atoms with Gasteiger partial charge in [0, 0.05) is 12.2 Å². The van der Waals surface area contributed by atoms with Gasteiger partial charge in [0.05, 0.1) is 17.8 Å².